The highest BCUT2D eigenvalue weighted by Gasteiger charge is 2.15. The minimum absolute atomic E-state index is 0.0182. The van der Waals surface area contributed by atoms with Crippen LogP contribution >= 0.6 is 9.03 Å². The molecule has 0 radical (unpaired) electrons. The van der Waals surface area contributed by atoms with Crippen LogP contribution in [-0.4, -0.2) is 31.0 Å². The average Bonchev–Trinajstić information content (AvgIpc) is 2.34. The summed E-state index contributed by atoms with van der Waals surface area (Å²) in [6.07, 6.45) is 0.0182. The van der Waals surface area contributed by atoms with Gasteiger partial charge in [-0.2, -0.15) is 0 Å². The zero-order valence-corrected chi connectivity index (χ0v) is 5.87. The van der Waals surface area contributed by atoms with E-state index in [0.29, 0.717) is 20.0 Å². The third-order valence-electron chi connectivity index (χ3n) is 1.02. The van der Waals surface area contributed by atoms with E-state index in [4.69, 9.17) is 18.9 Å². The van der Waals surface area contributed by atoms with Crippen LogP contribution in [-0.2, 0) is 14.0 Å². The molecule has 0 aromatic heterocycles. The van der Waals surface area contributed by atoms with E-state index in [2.05, 4.69) is 0 Å². The normalized spacial score (nSPS) is 28.3. The fourth-order valence-electron chi connectivity index (χ4n) is 0.598. The lowest BCUT2D eigenvalue weighted by atomic mass is 10.4. The van der Waals surface area contributed by atoms with Crippen LogP contribution in [0.4, 0.5) is 0 Å². The second-order valence-electron chi connectivity index (χ2n) is 1.68. The molecular weight excluding hydrogens is 143 g/mol. The molecule has 0 saturated carbocycles. The van der Waals surface area contributed by atoms with Gasteiger partial charge in [-0.1, -0.05) is 0 Å². The first-order valence-electron chi connectivity index (χ1n) is 2.63. The van der Waals surface area contributed by atoms with Crippen LogP contribution in [0.5, 0.6) is 0 Å². The van der Waals surface area contributed by atoms with E-state index in [-0.39, 0.29) is 6.10 Å². The van der Waals surface area contributed by atoms with Crippen molar-refractivity contribution < 1.29 is 18.9 Å². The summed E-state index contributed by atoms with van der Waals surface area (Å²) in [5, 5.41) is 0. The second kappa shape index (κ2) is 4.14. The van der Waals surface area contributed by atoms with Gasteiger partial charge in [0.15, 0.2) is 9.03 Å². The minimum Gasteiger partial charge on any atom is -0.353 e. The van der Waals surface area contributed by atoms with E-state index < -0.39 is 9.03 Å². The van der Waals surface area contributed by atoms with E-state index in [1.165, 1.54) is 0 Å². The van der Waals surface area contributed by atoms with Crippen molar-refractivity contribution >= 4 is 9.03 Å². The molecule has 2 unspecified atom stereocenters. The standard InChI is InChI=1S/C4H9O4P/c5-9-8-2-4-1-6-3-7-4/h4-5,9H,1-3H2. The lowest BCUT2D eigenvalue weighted by molar-refractivity contribution is 0.0330. The predicted octanol–water partition coefficient (Wildman–Crippen LogP) is -0.123. The largest absolute Gasteiger partial charge is 0.353 e. The van der Waals surface area contributed by atoms with Gasteiger partial charge in [-0.3, -0.25) is 0 Å². The number of hydrogen-bond acceptors (Lipinski definition) is 4. The molecule has 1 rings (SSSR count). The van der Waals surface area contributed by atoms with Crippen LogP contribution in [0.25, 0.3) is 0 Å². The summed E-state index contributed by atoms with van der Waals surface area (Å²) in [5.41, 5.74) is 0. The molecule has 1 saturated heterocycles. The molecular formula is C4H9O4P. The Hall–Kier alpha value is 0.270. The first-order valence-corrected chi connectivity index (χ1v) is 3.49. The van der Waals surface area contributed by atoms with Gasteiger partial charge in [0.1, 0.15) is 12.9 Å². The van der Waals surface area contributed by atoms with Gasteiger partial charge in [-0.05, 0) is 0 Å². The van der Waals surface area contributed by atoms with Crippen molar-refractivity contribution in [1.82, 2.24) is 0 Å². The zero-order valence-electron chi connectivity index (χ0n) is 4.87. The van der Waals surface area contributed by atoms with Crippen molar-refractivity contribution in [1.29, 1.82) is 0 Å². The molecule has 0 bridgehead atoms. The molecule has 0 aromatic rings. The summed E-state index contributed by atoms with van der Waals surface area (Å²) in [6, 6.07) is 0. The highest BCUT2D eigenvalue weighted by Crippen LogP contribution is 2.09. The number of hydrogen-bond donors (Lipinski definition) is 1. The Balaban J connectivity index is 1.98. The van der Waals surface area contributed by atoms with Crippen molar-refractivity contribution in [2.45, 2.75) is 6.10 Å². The Bertz CT molecular complexity index is 73.0. The third-order valence-corrected chi connectivity index (χ3v) is 1.32. The van der Waals surface area contributed by atoms with E-state index in [0.717, 1.165) is 0 Å². The van der Waals surface area contributed by atoms with Gasteiger partial charge < -0.3 is 18.9 Å². The lowest BCUT2D eigenvalue weighted by Gasteiger charge is -2.04. The summed E-state index contributed by atoms with van der Waals surface area (Å²) in [5.74, 6) is 0. The fourth-order valence-corrected chi connectivity index (χ4v) is 0.859. The molecule has 1 N–H and O–H groups in total. The maximum atomic E-state index is 8.24. The summed E-state index contributed by atoms with van der Waals surface area (Å²) >= 11 is 0. The van der Waals surface area contributed by atoms with Crippen LogP contribution in [0, 0.1) is 0 Å². The van der Waals surface area contributed by atoms with Crippen molar-refractivity contribution in [3.05, 3.63) is 0 Å². The van der Waals surface area contributed by atoms with Gasteiger partial charge >= 0.3 is 0 Å². The Labute approximate surface area is 55.1 Å². The Morgan fingerprint density at radius 2 is 2.67 bits per heavy atom. The van der Waals surface area contributed by atoms with Crippen molar-refractivity contribution in [2.24, 2.45) is 0 Å². The quantitative estimate of drug-likeness (QED) is 0.572. The third kappa shape index (κ3) is 2.56. The SMILES string of the molecule is OPOCC1COCO1. The maximum absolute atomic E-state index is 8.24. The topological polar surface area (TPSA) is 47.9 Å². The first kappa shape index (κ1) is 7.38. The van der Waals surface area contributed by atoms with Crippen molar-refractivity contribution in [3.8, 4) is 0 Å². The van der Waals surface area contributed by atoms with E-state index in [9.17, 15) is 0 Å². The van der Waals surface area contributed by atoms with Crippen LogP contribution in [0.15, 0.2) is 0 Å². The Kier molecular flexibility index (Phi) is 3.40. The highest BCUT2D eigenvalue weighted by atomic mass is 31.1. The first-order chi connectivity index (χ1) is 4.43. The fraction of sp³-hybridized carbons (Fsp3) is 1.00. The molecule has 1 aliphatic rings. The van der Waals surface area contributed by atoms with E-state index >= 15 is 0 Å². The molecule has 5 heteroatoms. The minimum atomic E-state index is -0.451. The average molecular weight is 152 g/mol. The molecule has 54 valence electrons. The van der Waals surface area contributed by atoms with Crippen LogP contribution in [0.2, 0.25) is 0 Å². The van der Waals surface area contributed by atoms with Crippen LogP contribution < -0.4 is 0 Å². The number of ether oxygens (including phenoxy) is 2. The molecule has 2 atom stereocenters. The summed E-state index contributed by atoms with van der Waals surface area (Å²) in [4.78, 5) is 8.24. The molecule has 0 aromatic carbocycles. The Morgan fingerprint density at radius 1 is 1.78 bits per heavy atom. The summed E-state index contributed by atoms with van der Waals surface area (Å²) < 4.78 is 14.6. The molecule has 1 aliphatic heterocycles. The second-order valence-corrected chi connectivity index (χ2v) is 2.15. The van der Waals surface area contributed by atoms with Crippen LogP contribution in [0.1, 0.15) is 0 Å². The van der Waals surface area contributed by atoms with Gasteiger partial charge in [0.2, 0.25) is 0 Å². The summed E-state index contributed by atoms with van der Waals surface area (Å²) in [6.45, 7) is 1.35. The van der Waals surface area contributed by atoms with E-state index in [1.807, 2.05) is 0 Å². The molecule has 9 heavy (non-hydrogen) atoms. The zero-order chi connectivity index (χ0) is 6.53. The lowest BCUT2D eigenvalue weighted by Crippen LogP contribution is -2.14. The smallest absolute Gasteiger partial charge is 0.152 e. The van der Waals surface area contributed by atoms with Gasteiger partial charge in [-0.15, -0.1) is 0 Å². The van der Waals surface area contributed by atoms with Gasteiger partial charge in [0.25, 0.3) is 0 Å². The molecule has 1 fully saturated rings. The monoisotopic (exact) mass is 152 g/mol. The van der Waals surface area contributed by atoms with Gasteiger partial charge in [0, 0.05) is 0 Å². The van der Waals surface area contributed by atoms with Crippen LogP contribution in [0.3, 0.4) is 0 Å². The Morgan fingerprint density at radius 3 is 3.22 bits per heavy atom. The number of rotatable bonds is 3. The van der Waals surface area contributed by atoms with Crippen molar-refractivity contribution in [2.75, 3.05) is 20.0 Å². The predicted molar refractivity (Wildman–Crippen MR) is 32.2 cm³/mol. The molecule has 0 spiro atoms. The maximum Gasteiger partial charge on any atom is 0.152 e. The molecule has 4 nitrogen and oxygen atoms in total. The van der Waals surface area contributed by atoms with Gasteiger partial charge in [0.05, 0.1) is 13.2 Å². The molecule has 0 aliphatic carbocycles. The van der Waals surface area contributed by atoms with Gasteiger partial charge in [-0.25, -0.2) is 0 Å². The molecule has 1 heterocycles. The van der Waals surface area contributed by atoms with Crippen molar-refractivity contribution in [3.63, 3.8) is 0 Å². The summed E-state index contributed by atoms with van der Waals surface area (Å²) in [7, 11) is -0.451. The van der Waals surface area contributed by atoms with E-state index in [1.54, 1.807) is 0 Å². The molecule has 0 amide bonds. The highest BCUT2D eigenvalue weighted by molar-refractivity contribution is 7.24.